The molecule has 0 atom stereocenters. The van der Waals surface area contributed by atoms with Gasteiger partial charge in [0.05, 0.1) is 11.3 Å². The van der Waals surface area contributed by atoms with Crippen LogP contribution in [0.4, 0.5) is 26.3 Å². The van der Waals surface area contributed by atoms with Crippen molar-refractivity contribution in [3.8, 4) is 5.75 Å². The summed E-state index contributed by atoms with van der Waals surface area (Å²) in [6.07, 6.45) is -5.85. The number of ether oxygens (including phenoxy) is 1. The molecular formula is C23H31ClF6N2O4S. The number of benzene rings is 1. The third-order valence-electron chi connectivity index (χ3n) is 6.97. The van der Waals surface area contributed by atoms with E-state index in [0.717, 1.165) is 18.2 Å². The Kier molecular flexibility index (Phi) is 10.3. The summed E-state index contributed by atoms with van der Waals surface area (Å²) in [6.45, 7) is 2.63. The predicted molar refractivity (Wildman–Crippen MR) is 127 cm³/mol. The summed E-state index contributed by atoms with van der Waals surface area (Å²) >= 11 is 0. The molecule has 212 valence electrons. The summed E-state index contributed by atoms with van der Waals surface area (Å²) in [5.41, 5.74) is -1.71. The maximum Gasteiger partial charge on any atom is 0.573 e. The van der Waals surface area contributed by atoms with E-state index in [-0.39, 0.29) is 70.0 Å². The Labute approximate surface area is 218 Å². The molecule has 1 heterocycles. The highest BCUT2D eigenvalue weighted by Crippen LogP contribution is 2.45. The highest BCUT2D eigenvalue weighted by Gasteiger charge is 2.47. The topological polar surface area (TPSA) is 66.9 Å². The zero-order valence-corrected chi connectivity index (χ0v) is 22.0. The minimum Gasteiger partial charge on any atom is -0.405 e. The molecule has 0 N–H and O–H groups in total. The Balaban J connectivity index is 0.00000481. The van der Waals surface area contributed by atoms with Gasteiger partial charge in [-0.25, -0.2) is 21.6 Å². The van der Waals surface area contributed by atoms with E-state index in [1.165, 1.54) is 4.31 Å². The number of piperazine rings is 1. The van der Waals surface area contributed by atoms with Crippen molar-refractivity contribution in [1.29, 1.82) is 0 Å². The molecule has 1 aliphatic carbocycles. The van der Waals surface area contributed by atoms with E-state index in [9.17, 15) is 39.6 Å². The van der Waals surface area contributed by atoms with E-state index in [4.69, 9.17) is 0 Å². The maximum absolute atomic E-state index is 14.4. The van der Waals surface area contributed by atoms with Crippen LogP contribution in [0.3, 0.4) is 0 Å². The molecule has 1 saturated carbocycles. The van der Waals surface area contributed by atoms with Crippen molar-refractivity contribution in [3.05, 3.63) is 29.6 Å². The minimum absolute atomic E-state index is 0. The van der Waals surface area contributed by atoms with Crippen LogP contribution >= 0.6 is 12.4 Å². The van der Waals surface area contributed by atoms with Gasteiger partial charge in [-0.15, -0.1) is 25.6 Å². The zero-order chi connectivity index (χ0) is 26.8. The molecule has 1 aromatic carbocycles. The van der Waals surface area contributed by atoms with Gasteiger partial charge in [0.1, 0.15) is 11.6 Å². The average molecular weight is 581 g/mol. The van der Waals surface area contributed by atoms with Gasteiger partial charge in [-0.05, 0) is 37.8 Å². The fraction of sp³-hybridized carbons (Fsp3) is 0.696. The van der Waals surface area contributed by atoms with Crippen molar-refractivity contribution in [3.63, 3.8) is 0 Å². The summed E-state index contributed by atoms with van der Waals surface area (Å²) < 4.78 is 111. The number of hydrogen-bond acceptors (Lipinski definition) is 5. The number of carbonyl (C=O) groups is 1. The molecule has 14 heteroatoms. The van der Waals surface area contributed by atoms with Crippen molar-refractivity contribution < 1.29 is 44.3 Å². The molecule has 2 aliphatic rings. The number of hydrogen-bond donors (Lipinski definition) is 0. The van der Waals surface area contributed by atoms with Gasteiger partial charge < -0.3 is 4.74 Å². The molecule has 0 spiro atoms. The Hall–Kier alpha value is -1.57. The Morgan fingerprint density at radius 3 is 2.19 bits per heavy atom. The number of alkyl halides is 5. The summed E-state index contributed by atoms with van der Waals surface area (Å²) in [4.78, 5) is 14.8. The molecule has 2 fully saturated rings. The molecule has 0 radical (unpaired) electrons. The smallest absolute Gasteiger partial charge is 0.405 e. The van der Waals surface area contributed by atoms with Crippen molar-refractivity contribution in [2.24, 2.45) is 0 Å². The van der Waals surface area contributed by atoms with Gasteiger partial charge in [-0.1, -0.05) is 13.0 Å². The lowest BCUT2D eigenvalue weighted by Gasteiger charge is -2.51. The minimum atomic E-state index is -5.13. The first kappa shape index (κ1) is 31.6. The number of halogens is 7. The average Bonchev–Trinajstić information content (AvgIpc) is 2.78. The quantitative estimate of drug-likeness (QED) is 0.288. The lowest BCUT2D eigenvalue weighted by molar-refractivity contribution is -0.274. The monoisotopic (exact) mass is 580 g/mol. The van der Waals surface area contributed by atoms with E-state index in [1.54, 1.807) is 6.92 Å². The van der Waals surface area contributed by atoms with Gasteiger partial charge in [0.15, 0.2) is 5.78 Å². The van der Waals surface area contributed by atoms with Crippen LogP contribution in [-0.4, -0.2) is 73.2 Å². The summed E-state index contributed by atoms with van der Waals surface area (Å²) in [5, 5.41) is 0. The fourth-order valence-corrected chi connectivity index (χ4v) is 6.58. The van der Waals surface area contributed by atoms with Gasteiger partial charge in [-0.3, -0.25) is 9.69 Å². The van der Waals surface area contributed by atoms with Crippen LogP contribution in [-0.2, 0) is 10.0 Å². The summed E-state index contributed by atoms with van der Waals surface area (Å²) in [7, 11) is -3.43. The van der Waals surface area contributed by atoms with Crippen LogP contribution in [0.1, 0.15) is 62.2 Å². The van der Waals surface area contributed by atoms with E-state index in [2.05, 4.69) is 4.74 Å². The van der Waals surface area contributed by atoms with Crippen molar-refractivity contribution in [2.75, 3.05) is 31.9 Å². The maximum atomic E-state index is 14.4. The van der Waals surface area contributed by atoms with Gasteiger partial charge in [0.2, 0.25) is 15.9 Å². The molecule has 0 amide bonds. The second-order valence-electron chi connectivity index (χ2n) is 9.37. The van der Waals surface area contributed by atoms with E-state index < -0.39 is 63.6 Å². The highest BCUT2D eigenvalue weighted by atomic mass is 35.5. The lowest BCUT2D eigenvalue weighted by atomic mass is 9.74. The molecule has 1 aliphatic heterocycles. The molecule has 37 heavy (non-hydrogen) atoms. The number of sulfonamides is 1. The normalized spacial score (nSPS) is 20.7. The van der Waals surface area contributed by atoms with Crippen molar-refractivity contribution in [1.82, 2.24) is 9.21 Å². The first-order chi connectivity index (χ1) is 16.7. The zero-order valence-electron chi connectivity index (χ0n) is 20.3. The van der Waals surface area contributed by atoms with Gasteiger partial charge >= 0.3 is 6.36 Å². The number of Topliss-reactive ketones (excluding diaryl/α,β-unsaturated/α-hetero) is 1. The molecule has 3 rings (SSSR count). The number of ketones is 1. The number of nitrogens with zero attached hydrogens (tertiary/aromatic N) is 2. The molecule has 6 nitrogen and oxygen atoms in total. The van der Waals surface area contributed by atoms with Crippen LogP contribution in [0.2, 0.25) is 0 Å². The molecule has 0 bridgehead atoms. The van der Waals surface area contributed by atoms with Crippen molar-refractivity contribution in [2.45, 2.75) is 69.7 Å². The Morgan fingerprint density at radius 2 is 1.65 bits per heavy atom. The lowest BCUT2D eigenvalue weighted by Crippen LogP contribution is -2.60. The first-order valence-corrected chi connectivity index (χ1v) is 13.5. The first-order valence-electron chi connectivity index (χ1n) is 11.9. The fourth-order valence-electron chi connectivity index (χ4n) is 5.09. The van der Waals surface area contributed by atoms with E-state index >= 15 is 0 Å². The van der Waals surface area contributed by atoms with Gasteiger partial charge in [0.25, 0.3) is 0 Å². The molecule has 1 saturated heterocycles. The Bertz CT molecular complexity index is 1040. The SMILES string of the molecule is CCCS(=O)(=O)N1CCN(C2(CCC(=O)c3c(F)cccc3OC(F)(F)F)CCC(F)(F)CC2)CC1.Cl. The standard InChI is InChI=1S/C23H30F6N2O4S.ClH/c1-2-16-36(33,34)31-14-12-30(13-15-31)21(8-10-22(25,26)11-9-21)7-6-18(32)20-17(24)4-3-5-19(20)35-23(27,28)29;/h3-5H,2,6-16H2,1H3;1H. The highest BCUT2D eigenvalue weighted by molar-refractivity contribution is 7.89. The van der Waals surface area contributed by atoms with Gasteiger partial charge in [-0.2, -0.15) is 4.31 Å². The predicted octanol–water partition coefficient (Wildman–Crippen LogP) is 5.41. The third-order valence-corrected chi connectivity index (χ3v) is 9.05. The molecule has 0 unspecified atom stereocenters. The number of carbonyl (C=O) groups excluding carboxylic acids is 1. The molecular weight excluding hydrogens is 550 g/mol. The van der Waals surface area contributed by atoms with Gasteiger partial charge in [0, 0.05) is 51.0 Å². The van der Waals surface area contributed by atoms with E-state index in [1.807, 2.05) is 4.90 Å². The van der Waals surface area contributed by atoms with E-state index in [0.29, 0.717) is 6.42 Å². The summed E-state index contributed by atoms with van der Waals surface area (Å²) in [5.74, 6) is -5.91. The summed E-state index contributed by atoms with van der Waals surface area (Å²) in [6, 6.07) is 2.68. The third kappa shape index (κ3) is 7.96. The van der Waals surface area contributed by atoms with Crippen LogP contribution in [0.15, 0.2) is 18.2 Å². The van der Waals surface area contributed by atoms with Crippen LogP contribution < -0.4 is 4.74 Å². The largest absolute Gasteiger partial charge is 0.573 e. The second kappa shape index (κ2) is 12.1. The second-order valence-corrected chi connectivity index (χ2v) is 11.5. The van der Waals surface area contributed by atoms with Crippen molar-refractivity contribution >= 4 is 28.2 Å². The molecule has 1 aromatic rings. The van der Waals surface area contributed by atoms with Crippen LogP contribution in [0, 0.1) is 5.82 Å². The number of rotatable bonds is 9. The molecule has 0 aromatic heterocycles. The van der Waals surface area contributed by atoms with Crippen LogP contribution in [0.25, 0.3) is 0 Å². The Morgan fingerprint density at radius 1 is 1.05 bits per heavy atom. The van der Waals surface area contributed by atoms with Crippen LogP contribution in [0.5, 0.6) is 5.75 Å².